The first-order chi connectivity index (χ1) is 8.04. The number of hydrogen-bond donors (Lipinski definition) is 2. The molecule has 4 nitrogen and oxygen atoms in total. The van der Waals surface area contributed by atoms with Gasteiger partial charge in [-0.15, -0.1) is 13.2 Å². The molecule has 18 heavy (non-hydrogen) atoms. The van der Waals surface area contributed by atoms with E-state index in [0.717, 1.165) is 0 Å². The number of alkyl halides is 6. The number of pyridine rings is 1. The highest BCUT2D eigenvalue weighted by atomic mass is 19.4. The minimum Gasteiger partial charge on any atom is -0.404 e. The number of aromatic nitrogens is 1. The smallest absolute Gasteiger partial charge is 0.404 e. The van der Waals surface area contributed by atoms with Crippen LogP contribution >= 0.6 is 0 Å². The summed E-state index contributed by atoms with van der Waals surface area (Å²) in [4.78, 5) is 3.15. The van der Waals surface area contributed by atoms with Crippen LogP contribution in [-0.4, -0.2) is 11.3 Å². The summed E-state index contributed by atoms with van der Waals surface area (Å²) in [6.45, 7) is -0.548. The molecule has 1 aromatic heterocycles. The summed E-state index contributed by atoms with van der Waals surface area (Å²) in [5, 5.41) is 0. The lowest BCUT2D eigenvalue weighted by Gasteiger charge is -2.16. The molecule has 10 heteroatoms. The largest absolute Gasteiger partial charge is 0.573 e. The second-order valence-electron chi connectivity index (χ2n) is 3.12. The Morgan fingerprint density at radius 3 is 2.11 bits per heavy atom. The Labute approximate surface area is 96.5 Å². The normalized spacial score (nSPS) is 12.6. The molecule has 0 fully saturated rings. The monoisotopic (exact) mass is 275 g/mol. The molecule has 0 spiro atoms. The number of anilines is 1. The predicted molar refractivity (Wildman–Crippen MR) is 48.2 cm³/mol. The van der Waals surface area contributed by atoms with E-state index in [2.05, 4.69) is 9.72 Å². The van der Waals surface area contributed by atoms with Gasteiger partial charge in [-0.25, -0.2) is 4.98 Å². The molecule has 0 saturated heterocycles. The second kappa shape index (κ2) is 4.52. The molecule has 0 radical (unpaired) electrons. The molecule has 0 aromatic carbocycles. The van der Waals surface area contributed by atoms with Crippen LogP contribution in [0.15, 0.2) is 6.07 Å². The summed E-state index contributed by atoms with van der Waals surface area (Å²) in [5.74, 6) is -2.08. The average molecular weight is 275 g/mol. The minimum atomic E-state index is -5.15. The van der Waals surface area contributed by atoms with E-state index in [-0.39, 0.29) is 6.07 Å². The van der Waals surface area contributed by atoms with Crippen molar-refractivity contribution < 1.29 is 31.1 Å². The van der Waals surface area contributed by atoms with E-state index in [4.69, 9.17) is 11.5 Å². The van der Waals surface area contributed by atoms with Gasteiger partial charge in [0.15, 0.2) is 5.75 Å². The number of halogens is 6. The lowest BCUT2D eigenvalue weighted by Crippen LogP contribution is -2.21. The molecule has 0 aliphatic heterocycles. The molecule has 0 amide bonds. The standard InChI is InChI=1S/C8H7F6N3O/c9-7(10,11)3-1-5(18-8(12,13)14)4(2-15)17-6(3)16/h1H,2,15H2,(H2,16,17). The van der Waals surface area contributed by atoms with Crippen molar-refractivity contribution in [3.63, 3.8) is 0 Å². The van der Waals surface area contributed by atoms with Gasteiger partial charge in [0, 0.05) is 6.54 Å². The average Bonchev–Trinajstić information content (AvgIpc) is 2.16. The Kier molecular flexibility index (Phi) is 3.60. The van der Waals surface area contributed by atoms with E-state index in [1.165, 1.54) is 0 Å². The lowest BCUT2D eigenvalue weighted by molar-refractivity contribution is -0.275. The van der Waals surface area contributed by atoms with Crippen LogP contribution in [0, 0.1) is 0 Å². The number of ether oxygens (including phenoxy) is 1. The van der Waals surface area contributed by atoms with Crippen LogP contribution in [0.1, 0.15) is 11.3 Å². The van der Waals surface area contributed by atoms with Gasteiger partial charge in [-0.05, 0) is 6.07 Å². The SMILES string of the molecule is NCc1nc(N)c(C(F)(F)F)cc1OC(F)(F)F. The maximum absolute atomic E-state index is 12.4. The second-order valence-corrected chi connectivity index (χ2v) is 3.12. The van der Waals surface area contributed by atoms with Crippen molar-refractivity contribution in [2.24, 2.45) is 5.73 Å². The van der Waals surface area contributed by atoms with Crippen molar-refractivity contribution in [3.05, 3.63) is 17.3 Å². The van der Waals surface area contributed by atoms with Crippen LogP contribution in [0.2, 0.25) is 0 Å². The molecular weight excluding hydrogens is 268 g/mol. The van der Waals surface area contributed by atoms with Crippen LogP contribution < -0.4 is 16.2 Å². The molecule has 0 aliphatic carbocycles. The Morgan fingerprint density at radius 1 is 1.17 bits per heavy atom. The maximum Gasteiger partial charge on any atom is 0.573 e. The Hall–Kier alpha value is -1.71. The highest BCUT2D eigenvalue weighted by Gasteiger charge is 2.37. The van der Waals surface area contributed by atoms with Gasteiger partial charge in [0.2, 0.25) is 0 Å². The number of nitrogen functional groups attached to an aromatic ring is 1. The van der Waals surface area contributed by atoms with Gasteiger partial charge < -0.3 is 16.2 Å². The van der Waals surface area contributed by atoms with E-state index in [1.807, 2.05) is 0 Å². The summed E-state index contributed by atoms with van der Waals surface area (Å²) in [6, 6.07) is 0.123. The Balaban J connectivity index is 3.31. The number of rotatable bonds is 2. The topological polar surface area (TPSA) is 74.2 Å². The summed E-state index contributed by atoms with van der Waals surface area (Å²) in [5.41, 5.74) is 8.01. The maximum atomic E-state index is 12.4. The Bertz CT molecular complexity index is 442. The van der Waals surface area contributed by atoms with Crippen LogP contribution in [0.25, 0.3) is 0 Å². The van der Waals surface area contributed by atoms with Crippen molar-refractivity contribution in [1.82, 2.24) is 4.98 Å². The first kappa shape index (κ1) is 14.4. The third kappa shape index (κ3) is 3.39. The van der Waals surface area contributed by atoms with Crippen molar-refractivity contribution in [2.45, 2.75) is 19.1 Å². The van der Waals surface area contributed by atoms with Gasteiger partial charge in [-0.3, -0.25) is 0 Å². The fraction of sp³-hybridized carbons (Fsp3) is 0.375. The van der Waals surface area contributed by atoms with E-state index in [9.17, 15) is 26.3 Å². The molecule has 0 aliphatic rings. The zero-order valence-corrected chi connectivity index (χ0v) is 8.56. The van der Waals surface area contributed by atoms with Crippen LogP contribution in [-0.2, 0) is 12.7 Å². The van der Waals surface area contributed by atoms with Gasteiger partial charge in [-0.1, -0.05) is 0 Å². The predicted octanol–water partition coefficient (Wildman–Crippen LogP) is 2.04. The minimum absolute atomic E-state index is 0.123. The highest BCUT2D eigenvalue weighted by Crippen LogP contribution is 2.37. The van der Waals surface area contributed by atoms with Crippen molar-refractivity contribution in [3.8, 4) is 5.75 Å². The van der Waals surface area contributed by atoms with E-state index in [1.54, 1.807) is 0 Å². The molecule has 0 bridgehead atoms. The van der Waals surface area contributed by atoms with Gasteiger partial charge in [0.05, 0.1) is 5.69 Å². The molecule has 0 atom stereocenters. The molecular formula is C8H7F6N3O. The molecule has 0 unspecified atom stereocenters. The zero-order chi connectivity index (χ0) is 14.1. The summed E-state index contributed by atoms with van der Waals surface area (Å²) in [7, 11) is 0. The fourth-order valence-corrected chi connectivity index (χ4v) is 1.14. The Morgan fingerprint density at radius 2 is 1.72 bits per heavy atom. The third-order valence-corrected chi connectivity index (χ3v) is 1.82. The van der Waals surface area contributed by atoms with E-state index in [0.29, 0.717) is 0 Å². The van der Waals surface area contributed by atoms with Gasteiger partial charge in [0.25, 0.3) is 0 Å². The first-order valence-electron chi connectivity index (χ1n) is 4.37. The molecule has 1 heterocycles. The summed E-state index contributed by atoms with van der Waals surface area (Å²) < 4.78 is 76.6. The number of nitrogens with two attached hydrogens (primary N) is 2. The lowest BCUT2D eigenvalue weighted by atomic mass is 10.2. The van der Waals surface area contributed by atoms with Gasteiger partial charge in [0.1, 0.15) is 11.4 Å². The number of nitrogens with zero attached hydrogens (tertiary/aromatic N) is 1. The molecule has 4 N–H and O–H groups in total. The van der Waals surface area contributed by atoms with Crippen LogP contribution in [0.3, 0.4) is 0 Å². The third-order valence-electron chi connectivity index (χ3n) is 1.82. The van der Waals surface area contributed by atoms with Gasteiger partial charge in [-0.2, -0.15) is 13.2 Å². The molecule has 1 rings (SSSR count). The summed E-state index contributed by atoms with van der Waals surface area (Å²) in [6.07, 6.45) is -10.1. The quantitative estimate of drug-likeness (QED) is 0.810. The van der Waals surface area contributed by atoms with Gasteiger partial charge >= 0.3 is 12.5 Å². The fourth-order valence-electron chi connectivity index (χ4n) is 1.14. The molecule has 0 saturated carbocycles. The first-order valence-corrected chi connectivity index (χ1v) is 4.37. The van der Waals surface area contributed by atoms with Crippen molar-refractivity contribution in [2.75, 3.05) is 5.73 Å². The van der Waals surface area contributed by atoms with E-state index >= 15 is 0 Å². The molecule has 1 aromatic rings. The van der Waals surface area contributed by atoms with Crippen molar-refractivity contribution in [1.29, 1.82) is 0 Å². The number of hydrogen-bond acceptors (Lipinski definition) is 4. The summed E-state index contributed by atoms with van der Waals surface area (Å²) >= 11 is 0. The zero-order valence-electron chi connectivity index (χ0n) is 8.56. The van der Waals surface area contributed by atoms with Crippen LogP contribution in [0.4, 0.5) is 32.2 Å². The van der Waals surface area contributed by atoms with Crippen LogP contribution in [0.5, 0.6) is 5.75 Å². The van der Waals surface area contributed by atoms with E-state index < -0.39 is 41.9 Å². The van der Waals surface area contributed by atoms with Crippen molar-refractivity contribution >= 4 is 5.82 Å². The molecule has 102 valence electrons. The highest BCUT2D eigenvalue weighted by molar-refractivity contribution is 5.48.